The van der Waals surface area contributed by atoms with Crippen molar-refractivity contribution in [1.29, 1.82) is 0 Å². The summed E-state index contributed by atoms with van der Waals surface area (Å²) in [7, 11) is 0. The van der Waals surface area contributed by atoms with E-state index in [4.69, 9.17) is 5.73 Å². The average Bonchev–Trinajstić information content (AvgIpc) is 2.34. The number of hydrogen-bond acceptors (Lipinski definition) is 1. The first-order valence-electron chi connectivity index (χ1n) is 5.56. The lowest BCUT2D eigenvalue weighted by atomic mass is 10.0. The average molecular weight is 251 g/mol. The second-order valence-corrected chi connectivity index (χ2v) is 3.95. The van der Waals surface area contributed by atoms with Gasteiger partial charge in [-0.2, -0.15) is 0 Å². The molecule has 0 radical (unpaired) electrons. The summed E-state index contributed by atoms with van der Waals surface area (Å²) in [5.74, 6) is -2.61. The smallest absolute Gasteiger partial charge is 0.166 e. The zero-order valence-electron chi connectivity index (χ0n) is 9.59. The van der Waals surface area contributed by atoms with E-state index in [0.29, 0.717) is 13.0 Å². The Labute approximate surface area is 103 Å². The second kappa shape index (κ2) is 5.23. The molecule has 2 aromatic rings. The van der Waals surface area contributed by atoms with Crippen LogP contribution in [0.1, 0.15) is 5.56 Å². The molecule has 1 nitrogen and oxygen atoms in total. The monoisotopic (exact) mass is 251 g/mol. The molecule has 2 rings (SSSR count). The van der Waals surface area contributed by atoms with E-state index < -0.39 is 17.5 Å². The minimum Gasteiger partial charge on any atom is -0.330 e. The van der Waals surface area contributed by atoms with Crippen LogP contribution in [0.2, 0.25) is 0 Å². The van der Waals surface area contributed by atoms with Gasteiger partial charge in [-0.25, -0.2) is 13.2 Å². The molecule has 94 valence electrons. The van der Waals surface area contributed by atoms with Gasteiger partial charge in [-0.05, 0) is 30.7 Å². The first-order chi connectivity index (χ1) is 8.63. The molecule has 0 fully saturated rings. The van der Waals surface area contributed by atoms with Crippen LogP contribution in [-0.2, 0) is 6.42 Å². The third-order valence-corrected chi connectivity index (χ3v) is 2.71. The van der Waals surface area contributed by atoms with Crippen molar-refractivity contribution in [3.8, 4) is 11.1 Å². The predicted octanol–water partition coefficient (Wildman–Crippen LogP) is 3.27. The Morgan fingerprint density at radius 1 is 0.889 bits per heavy atom. The van der Waals surface area contributed by atoms with Crippen molar-refractivity contribution in [3.05, 3.63) is 59.4 Å². The maximum Gasteiger partial charge on any atom is 0.166 e. The van der Waals surface area contributed by atoms with Crippen molar-refractivity contribution in [1.82, 2.24) is 0 Å². The summed E-state index contributed by atoms with van der Waals surface area (Å²) in [4.78, 5) is 0. The summed E-state index contributed by atoms with van der Waals surface area (Å²) in [6.45, 7) is 0.410. The van der Waals surface area contributed by atoms with Gasteiger partial charge in [0, 0.05) is 11.1 Å². The quantitative estimate of drug-likeness (QED) is 0.890. The van der Waals surface area contributed by atoms with E-state index in [1.54, 1.807) is 6.07 Å². The lowest BCUT2D eigenvalue weighted by Crippen LogP contribution is -2.03. The number of hydrogen-bond donors (Lipinski definition) is 1. The molecule has 0 amide bonds. The Hall–Kier alpha value is -1.81. The van der Waals surface area contributed by atoms with Gasteiger partial charge in [0.05, 0.1) is 0 Å². The molecule has 4 heteroatoms. The molecule has 2 aromatic carbocycles. The lowest BCUT2D eigenvalue weighted by Gasteiger charge is -2.07. The normalized spacial score (nSPS) is 10.7. The Bertz CT molecular complexity index is 567. The molecular weight excluding hydrogens is 239 g/mol. The van der Waals surface area contributed by atoms with Crippen LogP contribution in [-0.4, -0.2) is 6.54 Å². The summed E-state index contributed by atoms with van der Waals surface area (Å²) >= 11 is 0. The van der Waals surface area contributed by atoms with Gasteiger partial charge in [-0.1, -0.05) is 24.3 Å². The zero-order chi connectivity index (χ0) is 13.1. The van der Waals surface area contributed by atoms with Crippen LogP contribution in [0.4, 0.5) is 13.2 Å². The fourth-order valence-corrected chi connectivity index (χ4v) is 1.81. The van der Waals surface area contributed by atoms with Crippen LogP contribution in [0.5, 0.6) is 0 Å². The summed E-state index contributed by atoms with van der Waals surface area (Å²) in [5.41, 5.74) is 6.08. The summed E-state index contributed by atoms with van der Waals surface area (Å²) in [6.07, 6.45) is 0.544. The molecule has 0 aliphatic carbocycles. The molecule has 0 aliphatic heterocycles. The molecule has 0 bridgehead atoms. The molecule has 2 N–H and O–H groups in total. The van der Waals surface area contributed by atoms with Gasteiger partial charge in [-0.15, -0.1) is 0 Å². The Morgan fingerprint density at radius 3 is 2.33 bits per heavy atom. The molecule has 0 heterocycles. The second-order valence-electron chi connectivity index (χ2n) is 3.95. The third-order valence-electron chi connectivity index (χ3n) is 2.71. The van der Waals surface area contributed by atoms with Crippen molar-refractivity contribution in [3.63, 3.8) is 0 Å². The van der Waals surface area contributed by atoms with Gasteiger partial charge in [0.15, 0.2) is 11.6 Å². The Kier molecular flexibility index (Phi) is 3.67. The van der Waals surface area contributed by atoms with Crippen molar-refractivity contribution >= 4 is 0 Å². The van der Waals surface area contributed by atoms with E-state index in [1.807, 2.05) is 0 Å². The Balaban J connectivity index is 2.48. The standard InChI is InChI=1S/C14H12F3N/c15-12-3-1-2-11(14(12)17)10-5-4-9(6-7-18)8-13(10)16/h1-5,8H,6-7,18H2. The van der Waals surface area contributed by atoms with E-state index in [2.05, 4.69) is 0 Å². The highest BCUT2D eigenvalue weighted by molar-refractivity contribution is 5.65. The van der Waals surface area contributed by atoms with Gasteiger partial charge >= 0.3 is 0 Å². The van der Waals surface area contributed by atoms with Gasteiger partial charge in [0.25, 0.3) is 0 Å². The number of benzene rings is 2. The summed E-state index contributed by atoms with van der Waals surface area (Å²) in [5, 5.41) is 0. The van der Waals surface area contributed by atoms with Crippen molar-refractivity contribution in [2.75, 3.05) is 6.54 Å². The third kappa shape index (κ3) is 2.38. The molecular formula is C14H12F3N. The summed E-state index contributed by atoms with van der Waals surface area (Å²) in [6, 6.07) is 8.10. The van der Waals surface area contributed by atoms with Crippen molar-refractivity contribution in [2.45, 2.75) is 6.42 Å². The topological polar surface area (TPSA) is 26.0 Å². The highest BCUT2D eigenvalue weighted by Gasteiger charge is 2.13. The molecule has 0 unspecified atom stereocenters. The highest BCUT2D eigenvalue weighted by Crippen LogP contribution is 2.27. The van der Waals surface area contributed by atoms with Crippen LogP contribution >= 0.6 is 0 Å². The van der Waals surface area contributed by atoms with Crippen LogP contribution < -0.4 is 5.73 Å². The van der Waals surface area contributed by atoms with E-state index in [1.165, 1.54) is 24.3 Å². The van der Waals surface area contributed by atoms with E-state index in [0.717, 1.165) is 11.6 Å². The lowest BCUT2D eigenvalue weighted by molar-refractivity contribution is 0.510. The van der Waals surface area contributed by atoms with Gasteiger partial charge in [-0.3, -0.25) is 0 Å². The highest BCUT2D eigenvalue weighted by atomic mass is 19.2. The molecule has 0 saturated carbocycles. The predicted molar refractivity (Wildman–Crippen MR) is 64.5 cm³/mol. The first kappa shape index (κ1) is 12.6. The number of halogens is 3. The van der Waals surface area contributed by atoms with Crippen molar-refractivity contribution < 1.29 is 13.2 Å². The molecule has 0 atom stereocenters. The SMILES string of the molecule is NCCc1ccc(-c2cccc(F)c2F)c(F)c1. The fraction of sp³-hybridized carbons (Fsp3) is 0.143. The van der Waals surface area contributed by atoms with E-state index in [9.17, 15) is 13.2 Å². The first-order valence-corrected chi connectivity index (χ1v) is 5.56. The fourth-order valence-electron chi connectivity index (χ4n) is 1.81. The van der Waals surface area contributed by atoms with E-state index >= 15 is 0 Å². The number of nitrogens with two attached hydrogens (primary N) is 1. The van der Waals surface area contributed by atoms with E-state index in [-0.39, 0.29) is 11.1 Å². The van der Waals surface area contributed by atoms with Crippen LogP contribution in [0.15, 0.2) is 36.4 Å². The maximum absolute atomic E-state index is 13.8. The maximum atomic E-state index is 13.8. The van der Waals surface area contributed by atoms with Gasteiger partial charge < -0.3 is 5.73 Å². The van der Waals surface area contributed by atoms with Crippen LogP contribution in [0, 0.1) is 17.5 Å². The van der Waals surface area contributed by atoms with Crippen molar-refractivity contribution in [2.24, 2.45) is 5.73 Å². The number of rotatable bonds is 3. The molecule has 18 heavy (non-hydrogen) atoms. The molecule has 0 spiro atoms. The molecule has 0 saturated heterocycles. The summed E-state index contributed by atoms with van der Waals surface area (Å²) < 4.78 is 40.5. The Morgan fingerprint density at radius 2 is 1.67 bits per heavy atom. The minimum atomic E-state index is -1.04. The molecule has 0 aromatic heterocycles. The minimum absolute atomic E-state index is 0.0489. The van der Waals surface area contributed by atoms with Gasteiger partial charge in [0.2, 0.25) is 0 Å². The van der Waals surface area contributed by atoms with Crippen LogP contribution in [0.3, 0.4) is 0 Å². The van der Waals surface area contributed by atoms with Gasteiger partial charge in [0.1, 0.15) is 5.82 Å². The zero-order valence-corrected chi connectivity index (χ0v) is 9.59. The van der Waals surface area contributed by atoms with Crippen LogP contribution in [0.25, 0.3) is 11.1 Å². The molecule has 0 aliphatic rings. The largest absolute Gasteiger partial charge is 0.330 e.